The molecule has 0 spiro atoms. The Kier molecular flexibility index (Phi) is 6.74. The fraction of sp³-hybridized carbons (Fsp3) is 0.300. The minimum atomic E-state index is -3.22. The topological polar surface area (TPSA) is 101 Å². The second-order valence-corrected chi connectivity index (χ2v) is 8.56. The van der Waals surface area contributed by atoms with Crippen LogP contribution < -0.4 is 5.32 Å². The zero-order chi connectivity index (χ0) is 20.0. The lowest BCUT2D eigenvalue weighted by Gasteiger charge is -2.09. The van der Waals surface area contributed by atoms with Crippen LogP contribution >= 0.6 is 0 Å². The third-order valence-corrected chi connectivity index (χ3v) is 6.12. The van der Waals surface area contributed by atoms with Crippen LogP contribution in [0.1, 0.15) is 37.3 Å². The van der Waals surface area contributed by atoms with Crippen molar-refractivity contribution in [1.82, 2.24) is 0 Å². The molecule has 6 nitrogen and oxygen atoms in total. The van der Waals surface area contributed by atoms with E-state index in [2.05, 4.69) is 5.32 Å². The second kappa shape index (κ2) is 8.81. The third kappa shape index (κ3) is 5.65. The maximum absolute atomic E-state index is 12.1. The third-order valence-electron chi connectivity index (χ3n) is 4.37. The Balaban J connectivity index is 1.90. The summed E-state index contributed by atoms with van der Waals surface area (Å²) in [5.74, 6) is -1.61. The first kappa shape index (κ1) is 20.6. The zero-order valence-electron chi connectivity index (χ0n) is 15.3. The number of anilines is 1. The van der Waals surface area contributed by atoms with E-state index in [1.54, 1.807) is 62.4 Å². The Morgan fingerprint density at radius 1 is 1.04 bits per heavy atom. The van der Waals surface area contributed by atoms with Gasteiger partial charge in [-0.15, -0.1) is 0 Å². The molecule has 27 heavy (non-hydrogen) atoms. The van der Waals surface area contributed by atoms with E-state index < -0.39 is 21.7 Å². The van der Waals surface area contributed by atoms with E-state index in [-0.39, 0.29) is 23.0 Å². The predicted octanol–water partition coefficient (Wildman–Crippen LogP) is 3.24. The zero-order valence-corrected chi connectivity index (χ0v) is 16.1. The van der Waals surface area contributed by atoms with Crippen molar-refractivity contribution in [2.75, 3.05) is 11.1 Å². The highest BCUT2D eigenvalue weighted by Gasteiger charge is 2.14. The van der Waals surface area contributed by atoms with Crippen molar-refractivity contribution < 1.29 is 23.1 Å². The average Bonchev–Trinajstić information content (AvgIpc) is 2.66. The SMILES string of the molecule is CCS(=O)(=O)c1ccc(CCC(=O)Nc2ccc(C(C)C(=O)O)cc2)cc1. The highest BCUT2D eigenvalue weighted by atomic mass is 32.2. The molecule has 2 rings (SSSR count). The molecule has 0 saturated carbocycles. The maximum Gasteiger partial charge on any atom is 0.310 e. The van der Waals surface area contributed by atoms with Gasteiger partial charge in [0.05, 0.1) is 16.6 Å². The molecule has 0 heterocycles. The van der Waals surface area contributed by atoms with Crippen molar-refractivity contribution in [2.24, 2.45) is 0 Å². The molecule has 0 saturated heterocycles. The highest BCUT2D eigenvalue weighted by Crippen LogP contribution is 2.19. The van der Waals surface area contributed by atoms with Gasteiger partial charge in [-0.05, 0) is 48.7 Å². The number of aryl methyl sites for hydroxylation is 1. The van der Waals surface area contributed by atoms with Gasteiger partial charge in [-0.2, -0.15) is 0 Å². The molecular formula is C20H23NO5S. The van der Waals surface area contributed by atoms with Crippen LogP contribution in [-0.2, 0) is 25.8 Å². The van der Waals surface area contributed by atoms with Crippen LogP contribution in [0.3, 0.4) is 0 Å². The molecule has 0 fully saturated rings. The van der Waals surface area contributed by atoms with E-state index in [1.807, 2.05) is 0 Å². The van der Waals surface area contributed by atoms with Crippen LogP contribution in [0.15, 0.2) is 53.4 Å². The lowest BCUT2D eigenvalue weighted by molar-refractivity contribution is -0.138. The summed E-state index contributed by atoms with van der Waals surface area (Å²) in [5.41, 5.74) is 2.15. The predicted molar refractivity (Wildman–Crippen MR) is 104 cm³/mol. The van der Waals surface area contributed by atoms with E-state index >= 15 is 0 Å². The van der Waals surface area contributed by atoms with Crippen LogP contribution in [0.2, 0.25) is 0 Å². The number of carbonyl (C=O) groups excluding carboxylic acids is 1. The number of benzene rings is 2. The Labute approximate surface area is 159 Å². The molecule has 1 atom stereocenters. The smallest absolute Gasteiger partial charge is 0.310 e. The summed E-state index contributed by atoms with van der Waals surface area (Å²) in [6.07, 6.45) is 0.750. The van der Waals surface area contributed by atoms with Crippen molar-refractivity contribution in [1.29, 1.82) is 0 Å². The number of nitrogens with one attached hydrogen (secondary N) is 1. The summed E-state index contributed by atoms with van der Waals surface area (Å²) in [4.78, 5) is 23.3. The number of rotatable bonds is 8. The number of hydrogen-bond donors (Lipinski definition) is 2. The van der Waals surface area contributed by atoms with Crippen molar-refractivity contribution in [3.05, 3.63) is 59.7 Å². The van der Waals surface area contributed by atoms with Gasteiger partial charge < -0.3 is 10.4 Å². The van der Waals surface area contributed by atoms with Crippen LogP contribution in [0, 0.1) is 0 Å². The first-order valence-electron chi connectivity index (χ1n) is 8.67. The minimum Gasteiger partial charge on any atom is -0.481 e. The Bertz CT molecular complexity index is 902. The summed E-state index contributed by atoms with van der Waals surface area (Å²) in [5, 5.41) is 11.8. The summed E-state index contributed by atoms with van der Waals surface area (Å²) in [7, 11) is -3.22. The molecule has 1 unspecified atom stereocenters. The molecule has 0 radical (unpaired) electrons. The van der Waals surface area contributed by atoms with Gasteiger partial charge in [0, 0.05) is 12.1 Å². The van der Waals surface area contributed by atoms with Crippen LogP contribution in [0.25, 0.3) is 0 Å². The molecule has 7 heteroatoms. The first-order chi connectivity index (χ1) is 12.7. The number of carbonyl (C=O) groups is 2. The fourth-order valence-corrected chi connectivity index (χ4v) is 3.39. The maximum atomic E-state index is 12.1. The van der Waals surface area contributed by atoms with Gasteiger partial charge in [0.15, 0.2) is 9.84 Å². The molecule has 0 aliphatic rings. The molecule has 2 N–H and O–H groups in total. The number of carboxylic acid groups (broad SMARTS) is 1. The van der Waals surface area contributed by atoms with E-state index in [1.165, 1.54) is 0 Å². The molecule has 1 amide bonds. The van der Waals surface area contributed by atoms with Crippen LogP contribution in [0.5, 0.6) is 0 Å². The summed E-state index contributed by atoms with van der Waals surface area (Å²) < 4.78 is 23.6. The van der Waals surface area contributed by atoms with E-state index in [0.717, 1.165) is 5.56 Å². The monoisotopic (exact) mass is 389 g/mol. The lowest BCUT2D eigenvalue weighted by Crippen LogP contribution is -2.13. The normalized spacial score (nSPS) is 12.4. The van der Waals surface area contributed by atoms with Gasteiger partial charge >= 0.3 is 5.97 Å². The van der Waals surface area contributed by atoms with Gasteiger partial charge in [0.25, 0.3) is 0 Å². The number of carboxylic acids is 1. The average molecular weight is 389 g/mol. The molecular weight excluding hydrogens is 366 g/mol. The molecule has 0 aliphatic carbocycles. The van der Waals surface area contributed by atoms with Gasteiger partial charge in [0.2, 0.25) is 5.91 Å². The van der Waals surface area contributed by atoms with Crippen LogP contribution in [0.4, 0.5) is 5.69 Å². The number of sulfone groups is 1. The molecule has 0 aromatic heterocycles. The molecule has 2 aromatic rings. The lowest BCUT2D eigenvalue weighted by atomic mass is 10.0. The van der Waals surface area contributed by atoms with E-state index in [0.29, 0.717) is 17.7 Å². The number of aliphatic carboxylic acids is 1. The minimum absolute atomic E-state index is 0.0544. The quantitative estimate of drug-likeness (QED) is 0.722. The molecule has 0 bridgehead atoms. The Hall–Kier alpha value is -2.67. The van der Waals surface area contributed by atoms with Gasteiger partial charge in [-0.1, -0.05) is 31.2 Å². The summed E-state index contributed by atoms with van der Waals surface area (Å²) in [6, 6.07) is 13.3. The van der Waals surface area contributed by atoms with Crippen molar-refractivity contribution in [3.63, 3.8) is 0 Å². The standard InChI is InChI=1S/C20H23NO5S/c1-3-27(25,26)18-11-4-15(5-12-18)6-13-19(22)21-17-9-7-16(8-10-17)14(2)20(23)24/h4-5,7-12,14H,3,6,13H2,1-2H3,(H,21,22)(H,23,24). The van der Waals surface area contributed by atoms with Crippen molar-refractivity contribution in [3.8, 4) is 0 Å². The summed E-state index contributed by atoms with van der Waals surface area (Å²) >= 11 is 0. The van der Waals surface area contributed by atoms with Gasteiger partial charge in [-0.3, -0.25) is 9.59 Å². The molecule has 144 valence electrons. The Morgan fingerprint density at radius 2 is 1.63 bits per heavy atom. The summed E-state index contributed by atoms with van der Waals surface area (Å²) in [6.45, 7) is 3.20. The number of hydrogen-bond acceptors (Lipinski definition) is 4. The van der Waals surface area contributed by atoms with E-state index in [9.17, 15) is 18.0 Å². The van der Waals surface area contributed by atoms with Crippen molar-refractivity contribution in [2.45, 2.75) is 37.5 Å². The van der Waals surface area contributed by atoms with Crippen molar-refractivity contribution >= 4 is 27.4 Å². The Morgan fingerprint density at radius 3 is 2.15 bits per heavy atom. The number of amides is 1. The largest absolute Gasteiger partial charge is 0.481 e. The van der Waals surface area contributed by atoms with Crippen LogP contribution in [-0.4, -0.2) is 31.2 Å². The molecule has 2 aromatic carbocycles. The fourth-order valence-electron chi connectivity index (χ4n) is 2.51. The van der Waals surface area contributed by atoms with Gasteiger partial charge in [0.1, 0.15) is 0 Å². The highest BCUT2D eigenvalue weighted by molar-refractivity contribution is 7.91. The van der Waals surface area contributed by atoms with E-state index in [4.69, 9.17) is 5.11 Å². The molecule has 0 aliphatic heterocycles. The first-order valence-corrected chi connectivity index (χ1v) is 10.3. The second-order valence-electron chi connectivity index (χ2n) is 6.28. The van der Waals surface area contributed by atoms with Gasteiger partial charge in [-0.25, -0.2) is 8.42 Å².